The highest BCUT2D eigenvalue weighted by atomic mass is 16.3. The Bertz CT molecular complexity index is 1020. The van der Waals surface area contributed by atoms with Gasteiger partial charge in [-0.15, -0.1) is 6.58 Å². The lowest BCUT2D eigenvalue weighted by atomic mass is 9.87. The second-order valence-electron chi connectivity index (χ2n) is 9.71. The van der Waals surface area contributed by atoms with E-state index in [1.807, 2.05) is 18.0 Å². The highest BCUT2D eigenvalue weighted by Crippen LogP contribution is 2.44. The molecule has 3 unspecified atom stereocenters. The molecule has 2 heterocycles. The Kier molecular flexibility index (Phi) is 5.91. The summed E-state index contributed by atoms with van der Waals surface area (Å²) in [4.78, 5) is 4.82. The fourth-order valence-electron chi connectivity index (χ4n) is 5.25. The molecule has 6 heteroatoms. The van der Waals surface area contributed by atoms with Gasteiger partial charge < -0.3 is 20.2 Å². The third-order valence-corrected chi connectivity index (χ3v) is 7.39. The van der Waals surface area contributed by atoms with Crippen LogP contribution in [0, 0.1) is 5.92 Å². The summed E-state index contributed by atoms with van der Waals surface area (Å²) in [5, 5.41) is 16.6. The van der Waals surface area contributed by atoms with Gasteiger partial charge in [0.2, 0.25) is 0 Å². The monoisotopic (exact) mass is 445 g/mol. The number of hydrogen-bond acceptors (Lipinski definition) is 6. The van der Waals surface area contributed by atoms with Gasteiger partial charge in [0.15, 0.2) is 0 Å². The number of rotatable bonds is 6. The number of anilines is 3. The molecule has 3 aliphatic rings. The zero-order valence-electron chi connectivity index (χ0n) is 19.7. The second-order valence-corrected chi connectivity index (χ2v) is 9.71. The molecule has 1 aliphatic carbocycles. The first-order valence-corrected chi connectivity index (χ1v) is 11.9. The van der Waals surface area contributed by atoms with Crippen LogP contribution in [0.25, 0.3) is 0 Å². The standard InChI is InChI=1S/C27H35N5O/c1-4-5-21-18-20-19-24(10-11-25(20)27(21,2)33)32-13-12-26(29-32)28-22-6-8-23(9-7-22)31-16-14-30(3)15-17-31/h4,6-13,19,21,26,28-29,33H,1,5,14-18H2,2-3H3. The molecule has 174 valence electrons. The van der Waals surface area contributed by atoms with Crippen LogP contribution in [0.15, 0.2) is 67.4 Å². The molecule has 2 aliphatic heterocycles. The lowest BCUT2D eigenvalue weighted by molar-refractivity contribution is 0.00879. The van der Waals surface area contributed by atoms with Crippen LogP contribution >= 0.6 is 0 Å². The highest BCUT2D eigenvalue weighted by Gasteiger charge is 2.40. The minimum atomic E-state index is -0.795. The van der Waals surface area contributed by atoms with Gasteiger partial charge >= 0.3 is 0 Å². The maximum atomic E-state index is 11.0. The zero-order chi connectivity index (χ0) is 23.0. The van der Waals surface area contributed by atoms with E-state index in [4.69, 9.17) is 0 Å². The average Bonchev–Trinajstić information content (AvgIpc) is 3.37. The van der Waals surface area contributed by atoms with Crippen LogP contribution in [0.2, 0.25) is 0 Å². The Morgan fingerprint density at radius 2 is 1.85 bits per heavy atom. The van der Waals surface area contributed by atoms with Crippen LogP contribution in [-0.2, 0) is 12.0 Å². The van der Waals surface area contributed by atoms with Crippen molar-refractivity contribution in [3.63, 3.8) is 0 Å². The van der Waals surface area contributed by atoms with Crippen LogP contribution in [0.3, 0.4) is 0 Å². The summed E-state index contributed by atoms with van der Waals surface area (Å²) in [6.07, 6.45) is 7.80. The number of nitrogens with one attached hydrogen (secondary N) is 2. The lowest BCUT2D eigenvalue weighted by Crippen LogP contribution is -2.44. The van der Waals surface area contributed by atoms with E-state index in [0.717, 1.165) is 56.0 Å². The Hall–Kier alpha value is -2.80. The van der Waals surface area contributed by atoms with Crippen LogP contribution in [-0.4, -0.2) is 49.4 Å². The van der Waals surface area contributed by atoms with Crippen molar-refractivity contribution in [2.45, 2.75) is 31.5 Å². The molecule has 3 atom stereocenters. The summed E-state index contributed by atoms with van der Waals surface area (Å²) >= 11 is 0. The Morgan fingerprint density at radius 3 is 2.58 bits per heavy atom. The van der Waals surface area contributed by atoms with Crippen molar-refractivity contribution in [3.8, 4) is 0 Å². The maximum Gasteiger partial charge on any atom is 0.115 e. The Balaban J connectivity index is 1.20. The molecular weight excluding hydrogens is 410 g/mol. The average molecular weight is 446 g/mol. The number of benzene rings is 2. The van der Waals surface area contributed by atoms with Crippen molar-refractivity contribution < 1.29 is 5.11 Å². The number of hydrazine groups is 1. The van der Waals surface area contributed by atoms with Crippen molar-refractivity contribution >= 4 is 17.1 Å². The van der Waals surface area contributed by atoms with Gasteiger partial charge in [-0.3, -0.25) is 5.01 Å². The van der Waals surface area contributed by atoms with Gasteiger partial charge in [-0.05, 0) is 86.3 Å². The summed E-state index contributed by atoms with van der Waals surface area (Å²) in [6.45, 7) is 10.2. The topological polar surface area (TPSA) is 54.0 Å². The van der Waals surface area contributed by atoms with Crippen molar-refractivity contribution in [2.75, 3.05) is 48.5 Å². The normalized spacial score (nSPS) is 27.1. The third-order valence-electron chi connectivity index (χ3n) is 7.39. The van der Waals surface area contributed by atoms with E-state index in [1.54, 1.807) is 0 Å². The first-order valence-electron chi connectivity index (χ1n) is 11.9. The van der Waals surface area contributed by atoms with Crippen LogP contribution in [0.5, 0.6) is 0 Å². The number of allylic oxidation sites excluding steroid dienone is 1. The molecule has 0 aromatic heterocycles. The van der Waals surface area contributed by atoms with Gasteiger partial charge in [-0.25, -0.2) is 5.43 Å². The van der Waals surface area contributed by atoms with E-state index in [9.17, 15) is 5.11 Å². The van der Waals surface area contributed by atoms with Gasteiger partial charge in [-0.1, -0.05) is 12.1 Å². The van der Waals surface area contributed by atoms with E-state index in [0.29, 0.717) is 0 Å². The highest BCUT2D eigenvalue weighted by molar-refractivity contribution is 5.59. The van der Waals surface area contributed by atoms with Crippen molar-refractivity contribution in [1.29, 1.82) is 0 Å². The van der Waals surface area contributed by atoms with Crippen molar-refractivity contribution in [1.82, 2.24) is 10.3 Å². The predicted octanol–water partition coefficient (Wildman–Crippen LogP) is 3.67. The summed E-state index contributed by atoms with van der Waals surface area (Å²) in [5.41, 5.74) is 8.42. The summed E-state index contributed by atoms with van der Waals surface area (Å²) in [5.74, 6) is 0.186. The Morgan fingerprint density at radius 1 is 1.12 bits per heavy atom. The first-order chi connectivity index (χ1) is 15.9. The lowest BCUT2D eigenvalue weighted by Gasteiger charge is -2.34. The summed E-state index contributed by atoms with van der Waals surface area (Å²) in [7, 11) is 2.18. The molecule has 0 radical (unpaired) electrons. The van der Waals surface area contributed by atoms with E-state index in [2.05, 4.69) is 88.9 Å². The molecule has 33 heavy (non-hydrogen) atoms. The van der Waals surface area contributed by atoms with Crippen molar-refractivity contribution in [3.05, 3.63) is 78.5 Å². The van der Waals surface area contributed by atoms with E-state index in [-0.39, 0.29) is 12.1 Å². The predicted molar refractivity (Wildman–Crippen MR) is 136 cm³/mol. The van der Waals surface area contributed by atoms with E-state index in [1.165, 1.54) is 11.3 Å². The van der Waals surface area contributed by atoms with E-state index >= 15 is 0 Å². The quantitative estimate of drug-likeness (QED) is 0.590. The smallest absolute Gasteiger partial charge is 0.115 e. The molecule has 0 amide bonds. The van der Waals surface area contributed by atoms with Crippen LogP contribution in [0.1, 0.15) is 24.5 Å². The first kappa shape index (κ1) is 22.0. The number of hydrogen-bond donors (Lipinski definition) is 3. The SMILES string of the molecule is C=CCC1Cc2cc(N3C=CC(Nc4ccc(N5CCN(C)CC5)cc4)N3)ccc2C1(C)O. The number of likely N-dealkylation sites (N-methyl/N-ethyl adjacent to an activating group) is 1. The Labute approximate surface area is 197 Å². The maximum absolute atomic E-state index is 11.0. The molecule has 2 aromatic carbocycles. The largest absolute Gasteiger partial charge is 0.385 e. The molecule has 3 N–H and O–H groups in total. The fourth-order valence-corrected chi connectivity index (χ4v) is 5.25. The van der Waals surface area contributed by atoms with Crippen molar-refractivity contribution in [2.24, 2.45) is 5.92 Å². The van der Waals surface area contributed by atoms with Crippen LogP contribution in [0.4, 0.5) is 17.1 Å². The zero-order valence-corrected chi connectivity index (χ0v) is 19.7. The summed E-state index contributed by atoms with van der Waals surface area (Å²) < 4.78 is 0. The number of piperazine rings is 1. The van der Waals surface area contributed by atoms with Gasteiger partial charge in [-0.2, -0.15) is 0 Å². The van der Waals surface area contributed by atoms with Gasteiger partial charge in [0.1, 0.15) is 6.17 Å². The third kappa shape index (κ3) is 4.38. The number of aliphatic hydroxyl groups is 1. The fraction of sp³-hybridized carbons (Fsp3) is 0.407. The molecule has 2 aromatic rings. The molecule has 5 rings (SSSR count). The molecule has 0 bridgehead atoms. The number of fused-ring (bicyclic) bond motifs is 1. The molecule has 6 nitrogen and oxygen atoms in total. The van der Waals surface area contributed by atoms with Gasteiger partial charge in [0.05, 0.1) is 11.3 Å². The second kappa shape index (κ2) is 8.86. The summed E-state index contributed by atoms with van der Waals surface area (Å²) in [6, 6.07) is 15.1. The van der Waals surface area contributed by atoms with E-state index < -0.39 is 5.60 Å². The van der Waals surface area contributed by atoms with Gasteiger partial charge in [0.25, 0.3) is 0 Å². The van der Waals surface area contributed by atoms with Crippen LogP contribution < -0.4 is 20.7 Å². The molecular formula is C27H35N5O. The molecule has 0 spiro atoms. The molecule has 1 saturated heterocycles. The molecule has 0 saturated carbocycles. The minimum Gasteiger partial charge on any atom is -0.385 e. The van der Waals surface area contributed by atoms with Gasteiger partial charge in [0, 0.05) is 43.8 Å². The minimum absolute atomic E-state index is 0.0179. The number of nitrogens with zero attached hydrogens (tertiary/aromatic N) is 3. The molecule has 1 fully saturated rings.